The smallest absolute Gasteiger partial charge is 0.131 e. The van der Waals surface area contributed by atoms with E-state index >= 15 is 0 Å². The quantitative estimate of drug-likeness (QED) is 0.609. The molecule has 2 nitrogen and oxygen atoms in total. The largest absolute Gasteiger partial charge is 0.506 e. The summed E-state index contributed by atoms with van der Waals surface area (Å²) in [5.74, 6) is 0.242. The molecule has 12 heavy (non-hydrogen) atoms. The normalized spacial score (nSPS) is 14.2. The Morgan fingerprint density at radius 3 is 2.83 bits per heavy atom. The highest BCUT2D eigenvalue weighted by Gasteiger charge is 1.99. The Morgan fingerprint density at radius 1 is 1.08 bits per heavy atom. The molecule has 1 aliphatic heterocycles. The van der Waals surface area contributed by atoms with Gasteiger partial charge in [-0.25, -0.2) is 0 Å². The molecule has 2 N–H and O–H groups in total. The SMILES string of the molecule is OC1=CNc2ccccc2C=C1. The van der Waals surface area contributed by atoms with E-state index in [0.29, 0.717) is 0 Å². The Balaban J connectivity index is 2.48. The summed E-state index contributed by atoms with van der Waals surface area (Å²) in [4.78, 5) is 0. The average Bonchev–Trinajstić information content (AvgIpc) is 2.29. The van der Waals surface area contributed by atoms with E-state index < -0.39 is 0 Å². The van der Waals surface area contributed by atoms with Crippen LogP contribution in [-0.4, -0.2) is 5.11 Å². The van der Waals surface area contributed by atoms with Crippen LogP contribution < -0.4 is 5.32 Å². The fourth-order valence-electron chi connectivity index (χ4n) is 1.15. The molecule has 2 heteroatoms. The number of anilines is 1. The Morgan fingerprint density at radius 2 is 1.92 bits per heavy atom. The maximum absolute atomic E-state index is 9.17. The van der Waals surface area contributed by atoms with Crippen molar-refractivity contribution in [2.45, 2.75) is 0 Å². The summed E-state index contributed by atoms with van der Waals surface area (Å²) < 4.78 is 0. The number of hydrogen-bond acceptors (Lipinski definition) is 2. The summed E-state index contributed by atoms with van der Waals surface area (Å²) in [6, 6.07) is 7.88. The first kappa shape index (κ1) is 6.98. The highest BCUT2D eigenvalue weighted by atomic mass is 16.3. The number of allylic oxidation sites excluding steroid dienone is 1. The number of nitrogens with one attached hydrogen (secondary N) is 1. The molecular weight excluding hydrogens is 150 g/mol. The summed E-state index contributed by atoms with van der Waals surface area (Å²) in [6.45, 7) is 0. The van der Waals surface area contributed by atoms with Gasteiger partial charge in [0.05, 0.1) is 0 Å². The molecule has 0 aliphatic carbocycles. The molecule has 0 saturated carbocycles. The van der Waals surface area contributed by atoms with Crippen molar-refractivity contribution in [3.8, 4) is 0 Å². The lowest BCUT2D eigenvalue weighted by atomic mass is 10.2. The van der Waals surface area contributed by atoms with E-state index in [4.69, 9.17) is 0 Å². The van der Waals surface area contributed by atoms with Gasteiger partial charge in [0, 0.05) is 11.9 Å². The molecule has 0 atom stereocenters. The van der Waals surface area contributed by atoms with Crippen LogP contribution in [0.15, 0.2) is 42.3 Å². The fourth-order valence-corrected chi connectivity index (χ4v) is 1.15. The lowest BCUT2D eigenvalue weighted by molar-refractivity contribution is 0.432. The molecule has 0 unspecified atom stereocenters. The lowest BCUT2D eigenvalue weighted by Crippen LogP contribution is -1.89. The highest BCUT2D eigenvalue weighted by molar-refractivity contribution is 5.70. The lowest BCUT2D eigenvalue weighted by Gasteiger charge is -2.01. The third-order valence-corrected chi connectivity index (χ3v) is 1.77. The van der Waals surface area contributed by atoms with Gasteiger partial charge in [-0.1, -0.05) is 18.2 Å². The van der Waals surface area contributed by atoms with E-state index in [1.807, 2.05) is 30.3 Å². The highest BCUT2D eigenvalue weighted by Crippen LogP contribution is 2.19. The van der Waals surface area contributed by atoms with E-state index in [1.165, 1.54) is 0 Å². The number of hydrogen-bond donors (Lipinski definition) is 2. The Hall–Kier alpha value is -1.70. The molecule has 60 valence electrons. The molecule has 1 heterocycles. The Bertz CT molecular complexity index is 353. The van der Waals surface area contributed by atoms with Crippen LogP contribution >= 0.6 is 0 Å². The molecule has 2 rings (SSSR count). The van der Waals surface area contributed by atoms with Crippen molar-refractivity contribution in [2.24, 2.45) is 0 Å². The average molecular weight is 159 g/mol. The molecule has 0 saturated heterocycles. The molecule has 0 spiro atoms. The second-order valence-corrected chi connectivity index (χ2v) is 2.63. The number of fused-ring (bicyclic) bond motifs is 1. The fraction of sp³-hybridized carbons (Fsp3) is 0. The van der Waals surface area contributed by atoms with Crippen LogP contribution in [0.2, 0.25) is 0 Å². The molecule has 0 amide bonds. The minimum absolute atomic E-state index is 0.242. The van der Waals surface area contributed by atoms with Crippen molar-refractivity contribution < 1.29 is 5.11 Å². The van der Waals surface area contributed by atoms with Crippen molar-refractivity contribution in [2.75, 3.05) is 5.32 Å². The van der Waals surface area contributed by atoms with Gasteiger partial charge in [0.2, 0.25) is 0 Å². The summed E-state index contributed by atoms with van der Waals surface area (Å²) in [7, 11) is 0. The second kappa shape index (κ2) is 2.74. The van der Waals surface area contributed by atoms with Crippen molar-refractivity contribution in [1.29, 1.82) is 0 Å². The van der Waals surface area contributed by atoms with Crippen molar-refractivity contribution in [3.63, 3.8) is 0 Å². The van der Waals surface area contributed by atoms with E-state index in [0.717, 1.165) is 11.3 Å². The maximum atomic E-state index is 9.17. The predicted octanol–water partition coefficient (Wildman–Crippen LogP) is 2.52. The van der Waals surface area contributed by atoms with Crippen LogP contribution in [0.25, 0.3) is 6.08 Å². The molecule has 0 fully saturated rings. The Kier molecular flexibility index (Phi) is 1.59. The number of rotatable bonds is 0. The zero-order valence-corrected chi connectivity index (χ0v) is 6.49. The molecule has 1 aromatic rings. The van der Waals surface area contributed by atoms with Gasteiger partial charge in [-0.3, -0.25) is 0 Å². The molecule has 0 radical (unpaired) electrons. The van der Waals surface area contributed by atoms with Crippen LogP contribution in [0, 0.1) is 0 Å². The van der Waals surface area contributed by atoms with Gasteiger partial charge in [-0.2, -0.15) is 0 Å². The van der Waals surface area contributed by atoms with Gasteiger partial charge in [-0.15, -0.1) is 0 Å². The third kappa shape index (κ3) is 1.19. The number of para-hydroxylation sites is 1. The van der Waals surface area contributed by atoms with Gasteiger partial charge >= 0.3 is 0 Å². The predicted molar refractivity (Wildman–Crippen MR) is 49.8 cm³/mol. The monoisotopic (exact) mass is 159 g/mol. The van der Waals surface area contributed by atoms with E-state index in [1.54, 1.807) is 12.3 Å². The molecule has 1 aliphatic rings. The minimum Gasteiger partial charge on any atom is -0.506 e. The third-order valence-electron chi connectivity index (χ3n) is 1.77. The molecular formula is C10H9NO. The topological polar surface area (TPSA) is 32.3 Å². The second-order valence-electron chi connectivity index (χ2n) is 2.63. The molecule has 0 aromatic heterocycles. The van der Waals surface area contributed by atoms with Crippen LogP contribution in [0.1, 0.15) is 5.56 Å². The first-order chi connectivity index (χ1) is 5.86. The van der Waals surface area contributed by atoms with Gasteiger partial charge < -0.3 is 10.4 Å². The van der Waals surface area contributed by atoms with Crippen LogP contribution in [0.5, 0.6) is 0 Å². The van der Waals surface area contributed by atoms with Gasteiger partial charge in [0.15, 0.2) is 0 Å². The molecule has 1 aromatic carbocycles. The van der Waals surface area contributed by atoms with E-state index in [-0.39, 0.29) is 5.76 Å². The minimum atomic E-state index is 0.242. The van der Waals surface area contributed by atoms with Crippen LogP contribution in [0.3, 0.4) is 0 Å². The standard InChI is InChI=1S/C10H9NO/c12-9-6-5-8-3-1-2-4-10(8)11-7-9/h1-7,11-12H. The number of aliphatic hydroxyl groups excluding tert-OH is 1. The van der Waals surface area contributed by atoms with Gasteiger partial charge in [-0.05, 0) is 23.8 Å². The number of aliphatic hydroxyl groups is 1. The van der Waals surface area contributed by atoms with Gasteiger partial charge in [0.1, 0.15) is 5.76 Å². The van der Waals surface area contributed by atoms with Crippen molar-refractivity contribution in [1.82, 2.24) is 0 Å². The maximum Gasteiger partial charge on any atom is 0.131 e. The van der Waals surface area contributed by atoms with E-state index in [9.17, 15) is 5.11 Å². The Labute approximate surface area is 70.9 Å². The summed E-state index contributed by atoms with van der Waals surface area (Å²) >= 11 is 0. The van der Waals surface area contributed by atoms with E-state index in [2.05, 4.69) is 5.32 Å². The first-order valence-electron chi connectivity index (χ1n) is 3.79. The zero-order valence-electron chi connectivity index (χ0n) is 6.49. The molecule has 0 bridgehead atoms. The summed E-state index contributed by atoms with van der Waals surface area (Å²) in [6.07, 6.45) is 5.11. The number of benzene rings is 1. The zero-order chi connectivity index (χ0) is 8.39. The van der Waals surface area contributed by atoms with Crippen LogP contribution in [-0.2, 0) is 0 Å². The summed E-state index contributed by atoms with van der Waals surface area (Å²) in [5.41, 5.74) is 2.09. The van der Waals surface area contributed by atoms with Gasteiger partial charge in [0.25, 0.3) is 0 Å². The van der Waals surface area contributed by atoms with Crippen molar-refractivity contribution in [3.05, 3.63) is 47.9 Å². The van der Waals surface area contributed by atoms with Crippen LogP contribution in [0.4, 0.5) is 5.69 Å². The van der Waals surface area contributed by atoms with Crippen molar-refractivity contribution >= 4 is 11.8 Å². The summed E-state index contributed by atoms with van der Waals surface area (Å²) in [5, 5.41) is 12.2. The first-order valence-corrected chi connectivity index (χ1v) is 3.79.